The number of nitrogens with two attached hydrogens (primary N) is 1. The zero-order valence-corrected chi connectivity index (χ0v) is 28.3. The number of aliphatic imine (C=N–C) groups is 1. The largest absolute Gasteiger partial charge is 0.401 e. The van der Waals surface area contributed by atoms with Crippen LogP contribution in [0.2, 0.25) is 0 Å². The molecule has 0 amide bonds. The zero-order valence-electron chi connectivity index (χ0n) is 28.3. The second-order valence-electron chi connectivity index (χ2n) is 11.1. The molecule has 0 aromatic carbocycles. The third-order valence-corrected chi connectivity index (χ3v) is 8.16. The fraction of sp³-hybridized carbons (Fsp3) is 0.541. The number of nitrogens with one attached hydrogen (secondary N) is 1. The van der Waals surface area contributed by atoms with Crippen LogP contribution in [-0.2, 0) is 0 Å². The average molecular weight is 565 g/mol. The number of likely N-dealkylation sites (N-methyl/N-ethyl adjacent to an activating group) is 1. The van der Waals surface area contributed by atoms with Crippen LogP contribution in [0.1, 0.15) is 100 Å². The van der Waals surface area contributed by atoms with Gasteiger partial charge in [0, 0.05) is 43.0 Å². The lowest BCUT2D eigenvalue weighted by Crippen LogP contribution is -2.45. The van der Waals surface area contributed by atoms with Crippen molar-refractivity contribution in [3.05, 3.63) is 97.8 Å². The van der Waals surface area contributed by atoms with E-state index >= 15 is 0 Å². The Morgan fingerprint density at radius 2 is 1.51 bits per heavy atom. The zero-order chi connectivity index (χ0) is 32.1. The lowest BCUT2D eigenvalue weighted by Gasteiger charge is -2.52. The van der Waals surface area contributed by atoms with E-state index in [0.29, 0.717) is 16.7 Å². The first-order valence-corrected chi connectivity index (χ1v) is 15.4. The van der Waals surface area contributed by atoms with E-state index in [1.165, 1.54) is 50.5 Å². The fourth-order valence-corrected chi connectivity index (χ4v) is 4.62. The Kier molecular flexibility index (Phi) is 21.2. The van der Waals surface area contributed by atoms with Gasteiger partial charge in [0.25, 0.3) is 0 Å². The van der Waals surface area contributed by atoms with Crippen molar-refractivity contribution >= 4 is 6.21 Å². The molecule has 3 fully saturated rings. The highest BCUT2D eigenvalue weighted by atomic mass is 15.1. The van der Waals surface area contributed by atoms with Gasteiger partial charge in [-0.15, -0.1) is 19.7 Å². The van der Waals surface area contributed by atoms with Crippen LogP contribution in [0.25, 0.3) is 0 Å². The van der Waals surface area contributed by atoms with E-state index in [4.69, 9.17) is 5.73 Å². The molecule has 3 aliphatic carbocycles. The highest BCUT2D eigenvalue weighted by Gasteiger charge is 2.46. The van der Waals surface area contributed by atoms with E-state index in [9.17, 15) is 0 Å². The van der Waals surface area contributed by atoms with E-state index in [2.05, 4.69) is 76.1 Å². The summed E-state index contributed by atoms with van der Waals surface area (Å²) < 4.78 is 0. The molecule has 3 N–H and O–H groups in total. The summed E-state index contributed by atoms with van der Waals surface area (Å²) >= 11 is 0. The van der Waals surface area contributed by atoms with Gasteiger partial charge in [-0.1, -0.05) is 70.7 Å². The number of hydrogen-bond donors (Lipinski definition) is 2. The van der Waals surface area contributed by atoms with Crippen LogP contribution in [-0.4, -0.2) is 24.7 Å². The Morgan fingerprint density at radius 1 is 1.00 bits per heavy atom. The predicted octanol–water partition coefficient (Wildman–Crippen LogP) is 10.2. The quantitative estimate of drug-likeness (QED) is 0.141. The van der Waals surface area contributed by atoms with Gasteiger partial charge < -0.3 is 16.0 Å². The monoisotopic (exact) mass is 565 g/mol. The molecule has 3 aliphatic rings. The maximum Gasteiger partial charge on any atom is 0.0678 e. The molecule has 2 bridgehead atoms. The molecule has 3 rings (SSSR count). The molecule has 3 saturated carbocycles. The Balaban J connectivity index is 0. The summed E-state index contributed by atoms with van der Waals surface area (Å²) in [6, 6.07) is 0. The van der Waals surface area contributed by atoms with E-state index in [1.54, 1.807) is 12.4 Å². The van der Waals surface area contributed by atoms with Gasteiger partial charge in [-0.05, 0) is 89.4 Å². The second-order valence-corrected chi connectivity index (χ2v) is 11.1. The summed E-state index contributed by atoms with van der Waals surface area (Å²) in [5.74, 6) is 0.463. The molecule has 0 unspecified atom stereocenters. The lowest BCUT2D eigenvalue weighted by atomic mass is 9.54. The average Bonchev–Trinajstić information content (AvgIpc) is 3.01. The molecule has 4 nitrogen and oxygen atoms in total. The second kappa shape index (κ2) is 21.7. The van der Waals surface area contributed by atoms with E-state index in [0.717, 1.165) is 29.2 Å². The van der Waals surface area contributed by atoms with Gasteiger partial charge in [0.15, 0.2) is 0 Å². The molecule has 0 aromatic heterocycles. The maximum absolute atomic E-state index is 5.83. The van der Waals surface area contributed by atoms with Crippen molar-refractivity contribution in [2.24, 2.45) is 27.5 Å². The third kappa shape index (κ3) is 15.0. The highest BCUT2D eigenvalue weighted by molar-refractivity contribution is 5.55. The van der Waals surface area contributed by atoms with Gasteiger partial charge in [-0.2, -0.15) is 0 Å². The minimum absolute atomic E-state index is 0.388. The van der Waals surface area contributed by atoms with Crippen molar-refractivity contribution in [3.63, 3.8) is 0 Å². The Morgan fingerprint density at radius 3 is 1.83 bits per heavy atom. The van der Waals surface area contributed by atoms with Crippen molar-refractivity contribution in [2.75, 3.05) is 13.6 Å². The summed E-state index contributed by atoms with van der Waals surface area (Å²) in [6.07, 6.45) is 22.3. The smallest absolute Gasteiger partial charge is 0.0678 e. The number of allylic oxidation sites excluding steroid dienone is 6. The SMILES string of the molecule is C/C=C(\C)CC.C=CC(C)C=C.C=CC12CCC(CNC(=C)C(=C)/C(=C\N=CC)N(C)/C=C(\C)N)(CC1)CC2.CC. The predicted molar refractivity (Wildman–Crippen MR) is 188 cm³/mol. The van der Waals surface area contributed by atoms with Crippen LogP contribution < -0.4 is 11.1 Å². The topological polar surface area (TPSA) is 53.7 Å². The van der Waals surface area contributed by atoms with Crippen LogP contribution in [0.5, 0.6) is 0 Å². The van der Waals surface area contributed by atoms with Gasteiger partial charge in [0.05, 0.1) is 11.9 Å². The molecule has 41 heavy (non-hydrogen) atoms. The Hall–Kier alpha value is -3.01. The molecule has 4 heteroatoms. The Labute approximate surface area is 255 Å². The highest BCUT2D eigenvalue weighted by Crippen LogP contribution is 2.57. The molecule has 0 aliphatic heterocycles. The number of rotatable bonds is 12. The Bertz CT molecular complexity index is 907. The fourth-order valence-electron chi connectivity index (χ4n) is 4.62. The molecule has 0 spiro atoms. The maximum atomic E-state index is 5.83. The molecule has 0 saturated heterocycles. The molecule has 232 valence electrons. The van der Waals surface area contributed by atoms with Crippen molar-refractivity contribution in [2.45, 2.75) is 100 Å². The molecule has 0 aromatic rings. The summed E-state index contributed by atoms with van der Waals surface area (Å²) in [7, 11) is 1.95. The van der Waals surface area contributed by atoms with Crippen LogP contribution in [0.4, 0.5) is 0 Å². The van der Waals surface area contributed by atoms with Gasteiger partial charge in [0.2, 0.25) is 0 Å². The van der Waals surface area contributed by atoms with Crippen LogP contribution in [0.15, 0.2) is 103 Å². The number of hydrogen-bond acceptors (Lipinski definition) is 4. The van der Waals surface area contributed by atoms with Gasteiger partial charge in [-0.3, -0.25) is 4.99 Å². The van der Waals surface area contributed by atoms with Crippen molar-refractivity contribution in [3.8, 4) is 0 Å². The van der Waals surface area contributed by atoms with E-state index < -0.39 is 0 Å². The molecule has 0 radical (unpaired) electrons. The molecular formula is C37H64N4. The summed E-state index contributed by atoms with van der Waals surface area (Å²) in [4.78, 5) is 6.21. The van der Waals surface area contributed by atoms with E-state index in [-0.39, 0.29) is 0 Å². The van der Waals surface area contributed by atoms with Gasteiger partial charge in [0.1, 0.15) is 0 Å². The van der Waals surface area contributed by atoms with Crippen molar-refractivity contribution in [1.82, 2.24) is 10.2 Å². The van der Waals surface area contributed by atoms with Crippen molar-refractivity contribution < 1.29 is 0 Å². The number of fused-ring (bicyclic) bond motifs is 3. The van der Waals surface area contributed by atoms with Crippen molar-refractivity contribution in [1.29, 1.82) is 0 Å². The van der Waals surface area contributed by atoms with Gasteiger partial charge >= 0.3 is 0 Å². The number of nitrogens with zero attached hydrogens (tertiary/aromatic N) is 2. The lowest BCUT2D eigenvalue weighted by molar-refractivity contribution is 0.0240. The normalized spacial score (nSPS) is 21.8. The van der Waals surface area contributed by atoms with Crippen LogP contribution in [0.3, 0.4) is 0 Å². The summed E-state index contributed by atoms with van der Waals surface area (Å²) in [5, 5.41) is 3.57. The third-order valence-electron chi connectivity index (χ3n) is 8.16. The van der Waals surface area contributed by atoms with Crippen LogP contribution >= 0.6 is 0 Å². The first-order valence-electron chi connectivity index (χ1n) is 15.4. The molecular weight excluding hydrogens is 500 g/mol. The van der Waals surface area contributed by atoms with Gasteiger partial charge in [-0.25, -0.2) is 0 Å². The minimum Gasteiger partial charge on any atom is -0.401 e. The standard InChI is InChI=1S/C23H36N4.C6H12.C6H10.C2H6/c1-7-22-9-12-23(13-10-22,14-11-22)17-26-20(5)19(4)21(15-25-8-2)27(6)16-18(3)24;2*1-4-6(3)5-2;1-2/h7-8,15-16,26H,1,4-5,9-14,17,24H2,2-3,6H3;4H,5H2,1-3H3;4-6H,1-2H2,3H3;1-2H3/b18-16+,21-15+,25-8?;6-4+;;. The molecule has 0 atom stereocenters. The van der Waals surface area contributed by atoms with Crippen LogP contribution in [0, 0.1) is 16.7 Å². The molecule has 0 heterocycles. The first kappa shape index (κ1) is 40.1. The minimum atomic E-state index is 0.388. The summed E-state index contributed by atoms with van der Waals surface area (Å²) in [6.45, 7) is 36.8. The summed E-state index contributed by atoms with van der Waals surface area (Å²) in [5.41, 5.74) is 11.4. The van der Waals surface area contributed by atoms with E-state index in [1.807, 2.05) is 64.9 Å². The first-order chi connectivity index (χ1) is 19.4.